The van der Waals surface area contributed by atoms with Crippen molar-refractivity contribution in [2.24, 2.45) is 5.41 Å². The number of carbonyl (C=O) groups is 1. The highest BCUT2D eigenvalue weighted by atomic mass is 32.5. The highest BCUT2D eigenvalue weighted by Crippen LogP contribution is 3.02. The van der Waals surface area contributed by atoms with Crippen molar-refractivity contribution < 1.29 is 24.2 Å². The van der Waals surface area contributed by atoms with Crippen LogP contribution in [-0.2, 0) is 0 Å². The predicted molar refractivity (Wildman–Crippen MR) is 116 cm³/mol. The van der Waals surface area contributed by atoms with Crippen LogP contribution in [0.3, 0.4) is 0 Å². The summed E-state index contributed by atoms with van der Waals surface area (Å²) in [4.78, 5) is 29.8. The Morgan fingerprint density at radius 2 is 1.64 bits per heavy atom. The summed E-state index contributed by atoms with van der Waals surface area (Å²) in [6.45, 7) is 1.83. The van der Waals surface area contributed by atoms with Crippen LogP contribution in [0.25, 0.3) is 11.4 Å². The average Bonchev–Trinajstić information content (AvgIpc) is 3.48. The summed E-state index contributed by atoms with van der Waals surface area (Å²) in [5.41, 5.74) is -0.349. The Morgan fingerprint density at radius 1 is 1.03 bits per heavy atom. The molecular weight excluding hydrogens is 465 g/mol. The van der Waals surface area contributed by atoms with Crippen LogP contribution >= 0.6 is 10.2 Å². The zero-order valence-corrected chi connectivity index (χ0v) is 18.1. The van der Waals surface area contributed by atoms with Crippen LogP contribution in [0, 0.1) is 5.41 Å². The lowest BCUT2D eigenvalue weighted by Gasteiger charge is -2.40. The molecule has 1 fully saturated rings. The van der Waals surface area contributed by atoms with E-state index in [1.165, 1.54) is 0 Å². The number of hydrogen-bond acceptors (Lipinski definition) is 3. The van der Waals surface area contributed by atoms with Gasteiger partial charge in [-0.2, -0.15) is 0 Å². The molecule has 0 unspecified atom stereocenters. The van der Waals surface area contributed by atoms with Gasteiger partial charge in [-0.05, 0) is 36.0 Å². The average molecular weight is 485 g/mol. The normalized spacial score (nSPS) is 18.0. The third kappa shape index (κ3) is 5.08. The third-order valence-corrected chi connectivity index (χ3v) is 6.85. The minimum absolute atomic E-state index is 0.171. The summed E-state index contributed by atoms with van der Waals surface area (Å²) in [5, 5.41) is 2.72. The minimum Gasteiger partial charge on any atom is -0.343 e. The first-order chi connectivity index (χ1) is 15.1. The van der Waals surface area contributed by atoms with Crippen molar-refractivity contribution in [3.8, 4) is 11.4 Å². The Labute approximate surface area is 185 Å². The topological polar surface area (TPSA) is 74.8 Å². The van der Waals surface area contributed by atoms with Gasteiger partial charge in [0.2, 0.25) is 0 Å². The van der Waals surface area contributed by atoms with Gasteiger partial charge in [0.05, 0.1) is 6.04 Å². The van der Waals surface area contributed by atoms with Crippen molar-refractivity contribution >= 4 is 16.1 Å². The number of carbonyl (C=O) groups excluding carboxylic acids is 1. The molecule has 2 N–H and O–H groups in total. The molecule has 1 heterocycles. The molecule has 5 nitrogen and oxygen atoms in total. The lowest BCUT2D eigenvalue weighted by atomic mass is 9.91. The Hall–Kier alpha value is -3.21. The molecular formula is C22H20F5N3O2S. The van der Waals surface area contributed by atoms with E-state index in [9.17, 15) is 29.0 Å². The van der Waals surface area contributed by atoms with E-state index in [1.54, 1.807) is 30.3 Å². The molecule has 2 aromatic carbocycles. The summed E-state index contributed by atoms with van der Waals surface area (Å²) >= 11 is 0. The van der Waals surface area contributed by atoms with Crippen LogP contribution in [0.1, 0.15) is 41.9 Å². The van der Waals surface area contributed by atoms with Crippen molar-refractivity contribution in [3.63, 3.8) is 0 Å². The molecule has 0 aliphatic heterocycles. The molecule has 0 bridgehead atoms. The molecule has 0 radical (unpaired) electrons. The summed E-state index contributed by atoms with van der Waals surface area (Å²) in [6.07, 6.45) is 1.36. The highest BCUT2D eigenvalue weighted by Gasteiger charge is 2.65. The second kappa shape index (κ2) is 6.89. The Kier molecular flexibility index (Phi) is 4.80. The Balaban J connectivity index is 1.64. The van der Waals surface area contributed by atoms with Crippen LogP contribution in [-0.4, -0.2) is 15.9 Å². The van der Waals surface area contributed by atoms with Gasteiger partial charge in [-0.15, -0.1) is 0 Å². The van der Waals surface area contributed by atoms with E-state index in [-0.39, 0.29) is 17.1 Å². The molecule has 1 amide bonds. The monoisotopic (exact) mass is 485 g/mol. The number of benzene rings is 2. The van der Waals surface area contributed by atoms with E-state index in [0.29, 0.717) is 30.5 Å². The number of hydrogen-bond donors (Lipinski definition) is 2. The predicted octanol–water partition coefficient (Wildman–Crippen LogP) is 6.37. The first-order valence-corrected chi connectivity index (χ1v) is 11.9. The molecule has 1 aliphatic carbocycles. The van der Waals surface area contributed by atoms with Gasteiger partial charge in [-0.1, -0.05) is 68.8 Å². The number of H-pyrrole nitrogens is 1. The molecule has 176 valence electrons. The van der Waals surface area contributed by atoms with Crippen molar-refractivity contribution in [1.82, 2.24) is 15.3 Å². The molecule has 33 heavy (non-hydrogen) atoms. The second-order valence-corrected chi connectivity index (χ2v) is 10.9. The Morgan fingerprint density at radius 3 is 2.18 bits per heavy atom. The number of aromatic amines is 1. The molecule has 1 atom stereocenters. The summed E-state index contributed by atoms with van der Waals surface area (Å²) < 4.78 is 65.3. The fourth-order valence-corrected chi connectivity index (χ4v) is 4.23. The van der Waals surface area contributed by atoms with Gasteiger partial charge in [-0.25, -0.2) is 4.98 Å². The van der Waals surface area contributed by atoms with Gasteiger partial charge in [0, 0.05) is 11.6 Å². The van der Waals surface area contributed by atoms with E-state index < -0.39 is 38.0 Å². The molecule has 3 aromatic rings. The molecule has 0 saturated heterocycles. The van der Waals surface area contributed by atoms with Gasteiger partial charge < -0.3 is 10.3 Å². The molecule has 1 aromatic heterocycles. The zero-order chi connectivity index (χ0) is 24.1. The van der Waals surface area contributed by atoms with E-state index in [4.69, 9.17) is 0 Å². The van der Waals surface area contributed by atoms with Gasteiger partial charge in [0.15, 0.2) is 0 Å². The van der Waals surface area contributed by atoms with Crippen LogP contribution in [0.15, 0.2) is 70.4 Å². The largest absolute Gasteiger partial charge is 0.343 e. The number of halogens is 5. The quantitative estimate of drug-likeness (QED) is 0.399. The summed E-state index contributed by atoms with van der Waals surface area (Å²) in [7, 11) is -9.80. The molecule has 4 rings (SSSR count). The van der Waals surface area contributed by atoms with Crippen LogP contribution in [0.2, 0.25) is 0 Å². The van der Waals surface area contributed by atoms with Crippen molar-refractivity contribution in [1.29, 1.82) is 0 Å². The van der Waals surface area contributed by atoms with E-state index in [1.807, 2.05) is 6.92 Å². The molecule has 0 spiro atoms. The van der Waals surface area contributed by atoms with Crippen molar-refractivity contribution in [3.05, 3.63) is 82.3 Å². The number of amides is 1. The van der Waals surface area contributed by atoms with Crippen molar-refractivity contribution in [2.75, 3.05) is 0 Å². The molecule has 1 aliphatic rings. The molecule has 11 heteroatoms. The lowest BCUT2D eigenvalue weighted by molar-refractivity contribution is 0.0913. The number of aromatic nitrogens is 2. The maximum Gasteiger partial charge on any atom is 0.310 e. The fourth-order valence-electron chi connectivity index (χ4n) is 3.57. The van der Waals surface area contributed by atoms with Gasteiger partial charge in [0.1, 0.15) is 16.4 Å². The van der Waals surface area contributed by atoms with E-state index in [2.05, 4.69) is 15.3 Å². The Bertz CT molecular complexity index is 1270. The van der Waals surface area contributed by atoms with Gasteiger partial charge in [-0.3, -0.25) is 9.59 Å². The SMILES string of the molecule is CC1([C@@H](NC(=O)c2cc(=O)[nH]c(-c3ccccc3)n2)c2ccc(S(F)(F)(F)(F)F)cc2)CC1. The highest BCUT2D eigenvalue weighted by molar-refractivity contribution is 8.45. The lowest BCUT2D eigenvalue weighted by Crippen LogP contribution is -2.34. The van der Waals surface area contributed by atoms with E-state index in [0.717, 1.165) is 18.2 Å². The minimum atomic E-state index is -9.80. The van der Waals surface area contributed by atoms with Crippen LogP contribution in [0.4, 0.5) is 19.4 Å². The maximum atomic E-state index is 13.1. The number of nitrogens with one attached hydrogen (secondary N) is 2. The smallest absolute Gasteiger partial charge is 0.310 e. The second-order valence-electron chi connectivity index (χ2n) is 8.44. The fraction of sp³-hybridized carbons (Fsp3) is 0.227. The third-order valence-electron chi connectivity index (χ3n) is 5.69. The zero-order valence-electron chi connectivity index (χ0n) is 17.3. The summed E-state index contributed by atoms with van der Waals surface area (Å²) in [6, 6.07) is 11.5. The van der Waals surface area contributed by atoms with Gasteiger partial charge >= 0.3 is 10.2 Å². The first-order valence-electron chi connectivity index (χ1n) is 9.96. The first kappa shape index (κ1) is 23.0. The van der Waals surface area contributed by atoms with Gasteiger partial charge in [0.25, 0.3) is 11.5 Å². The standard InChI is InChI=1S/C22H20F5N3O2S/c1-22(11-12-22)19(14-7-9-16(10-8-14)33(23,24,25,26)27)30-21(32)17-13-18(31)29-20(28-17)15-5-3-2-4-6-15/h2-10,13,19H,11-12H2,1H3,(H,30,32)(H,28,29,31)/t19-/m0/s1. The maximum absolute atomic E-state index is 13.1. The number of rotatable bonds is 6. The number of nitrogens with zero attached hydrogens (tertiary/aromatic N) is 1. The van der Waals surface area contributed by atoms with E-state index >= 15 is 0 Å². The van der Waals surface area contributed by atoms with Crippen LogP contribution in [0.5, 0.6) is 0 Å². The van der Waals surface area contributed by atoms with Crippen molar-refractivity contribution in [2.45, 2.75) is 30.7 Å². The molecule has 1 saturated carbocycles. The summed E-state index contributed by atoms with van der Waals surface area (Å²) in [5.74, 6) is -0.518. The van der Waals surface area contributed by atoms with Crippen LogP contribution < -0.4 is 10.9 Å².